The van der Waals surface area contributed by atoms with E-state index in [0.717, 1.165) is 0 Å². The highest BCUT2D eigenvalue weighted by atomic mass is 16.3. The van der Waals surface area contributed by atoms with Crippen molar-refractivity contribution in [2.45, 2.75) is 32.4 Å². The average molecular weight is 262 g/mol. The molecule has 1 heterocycles. The monoisotopic (exact) mass is 262 g/mol. The lowest BCUT2D eigenvalue weighted by Gasteiger charge is -2.31. The molecule has 2 rings (SSSR count). The van der Waals surface area contributed by atoms with Crippen molar-refractivity contribution in [1.82, 2.24) is 9.97 Å². The van der Waals surface area contributed by atoms with E-state index in [1.807, 2.05) is 13.8 Å². The van der Waals surface area contributed by atoms with Gasteiger partial charge < -0.3 is 21.1 Å². The Morgan fingerprint density at radius 3 is 2.79 bits per heavy atom. The number of nitrogens with two attached hydrogens (primary N) is 1. The second kappa shape index (κ2) is 4.55. The number of nitrogens with one attached hydrogen (secondary N) is 2. The molecule has 102 valence electrons. The van der Waals surface area contributed by atoms with Gasteiger partial charge in [0.25, 0.3) is 5.56 Å². The van der Waals surface area contributed by atoms with E-state index >= 15 is 0 Å². The van der Waals surface area contributed by atoms with Crippen LogP contribution in [0.4, 0.5) is 11.4 Å². The third-order valence-corrected chi connectivity index (χ3v) is 3.31. The van der Waals surface area contributed by atoms with E-state index in [2.05, 4.69) is 15.3 Å². The largest absolute Gasteiger partial charge is 0.397 e. The molecule has 2 aromatic rings. The van der Waals surface area contributed by atoms with Crippen molar-refractivity contribution in [3.05, 3.63) is 28.8 Å². The van der Waals surface area contributed by atoms with Crippen molar-refractivity contribution < 1.29 is 5.11 Å². The maximum atomic E-state index is 11.6. The Labute approximate surface area is 110 Å². The van der Waals surface area contributed by atoms with Crippen LogP contribution in [-0.4, -0.2) is 26.7 Å². The van der Waals surface area contributed by atoms with Crippen LogP contribution in [0.25, 0.3) is 10.9 Å². The lowest BCUT2D eigenvalue weighted by Crippen LogP contribution is -2.42. The highest BCUT2D eigenvalue weighted by molar-refractivity contribution is 5.88. The van der Waals surface area contributed by atoms with E-state index in [1.54, 1.807) is 19.1 Å². The first-order valence-electron chi connectivity index (χ1n) is 6.04. The third kappa shape index (κ3) is 2.53. The van der Waals surface area contributed by atoms with Crippen LogP contribution in [0.15, 0.2) is 23.3 Å². The normalized spacial score (nSPS) is 13.5. The fourth-order valence-electron chi connectivity index (χ4n) is 1.69. The molecule has 0 amide bonds. The van der Waals surface area contributed by atoms with Gasteiger partial charge in [-0.05, 0) is 32.9 Å². The number of nitrogens with zero attached hydrogens (tertiary/aromatic N) is 1. The SMILES string of the molecule is CC(O)C(C)(C)Nc1cc2nc[nH]c(=O)c2cc1N. The van der Waals surface area contributed by atoms with Crippen molar-refractivity contribution in [3.63, 3.8) is 0 Å². The minimum Gasteiger partial charge on any atom is -0.397 e. The lowest BCUT2D eigenvalue weighted by atomic mass is 9.98. The van der Waals surface area contributed by atoms with E-state index in [9.17, 15) is 9.90 Å². The first-order valence-corrected chi connectivity index (χ1v) is 6.04. The van der Waals surface area contributed by atoms with Crippen LogP contribution in [0.2, 0.25) is 0 Å². The Balaban J connectivity index is 2.51. The predicted octanol–water partition coefficient (Wildman–Crippen LogP) is 1.08. The molecule has 0 spiro atoms. The number of aromatic nitrogens is 2. The summed E-state index contributed by atoms with van der Waals surface area (Å²) >= 11 is 0. The smallest absolute Gasteiger partial charge is 0.258 e. The van der Waals surface area contributed by atoms with Crippen molar-refractivity contribution in [3.8, 4) is 0 Å². The number of aromatic amines is 1. The summed E-state index contributed by atoms with van der Waals surface area (Å²) in [4.78, 5) is 18.2. The summed E-state index contributed by atoms with van der Waals surface area (Å²) in [6, 6.07) is 3.30. The summed E-state index contributed by atoms with van der Waals surface area (Å²) in [5.74, 6) is 0. The number of H-pyrrole nitrogens is 1. The maximum absolute atomic E-state index is 11.6. The Hall–Kier alpha value is -2.08. The van der Waals surface area contributed by atoms with Crippen molar-refractivity contribution in [2.24, 2.45) is 0 Å². The summed E-state index contributed by atoms with van der Waals surface area (Å²) in [7, 11) is 0. The molecule has 6 heteroatoms. The molecule has 5 N–H and O–H groups in total. The van der Waals surface area contributed by atoms with Gasteiger partial charge in [0.2, 0.25) is 0 Å². The highest BCUT2D eigenvalue weighted by Gasteiger charge is 2.24. The summed E-state index contributed by atoms with van der Waals surface area (Å²) in [5.41, 5.74) is 6.83. The molecular formula is C13H18N4O2. The van der Waals surface area contributed by atoms with Gasteiger partial charge in [-0.25, -0.2) is 4.98 Å². The quantitative estimate of drug-likeness (QED) is 0.620. The van der Waals surface area contributed by atoms with E-state index in [4.69, 9.17) is 5.73 Å². The molecule has 0 aliphatic carbocycles. The molecule has 0 aliphatic heterocycles. The molecule has 1 aromatic heterocycles. The van der Waals surface area contributed by atoms with Crippen molar-refractivity contribution in [2.75, 3.05) is 11.1 Å². The van der Waals surface area contributed by atoms with Crippen LogP contribution in [0, 0.1) is 0 Å². The van der Waals surface area contributed by atoms with Gasteiger partial charge in [-0.2, -0.15) is 0 Å². The highest BCUT2D eigenvalue weighted by Crippen LogP contribution is 2.27. The van der Waals surface area contributed by atoms with Crippen LogP contribution in [0.1, 0.15) is 20.8 Å². The molecular weight excluding hydrogens is 244 g/mol. The number of aliphatic hydroxyl groups is 1. The molecule has 6 nitrogen and oxygen atoms in total. The topological polar surface area (TPSA) is 104 Å². The molecule has 0 radical (unpaired) electrons. The van der Waals surface area contributed by atoms with Gasteiger partial charge in [-0.1, -0.05) is 0 Å². The molecule has 19 heavy (non-hydrogen) atoms. The second-order valence-electron chi connectivity index (χ2n) is 5.21. The first kappa shape index (κ1) is 13.4. The van der Waals surface area contributed by atoms with Gasteiger partial charge in [0.05, 0.1) is 40.2 Å². The molecule has 0 saturated carbocycles. The number of benzene rings is 1. The Kier molecular flexibility index (Phi) is 3.20. The Morgan fingerprint density at radius 1 is 1.47 bits per heavy atom. The summed E-state index contributed by atoms with van der Waals surface area (Å²) in [6.45, 7) is 5.44. The van der Waals surface area contributed by atoms with Crippen LogP contribution < -0.4 is 16.6 Å². The number of anilines is 2. The number of aliphatic hydroxyl groups excluding tert-OH is 1. The predicted molar refractivity (Wildman–Crippen MR) is 76.2 cm³/mol. The molecule has 0 saturated heterocycles. The molecule has 1 unspecified atom stereocenters. The standard InChI is InChI=1S/C13H18N4O2/c1-7(18)13(2,3)17-11-5-10-8(4-9(11)14)12(19)16-6-15-10/h4-7,17-18H,14H2,1-3H3,(H,15,16,19). The molecule has 1 aromatic carbocycles. The zero-order valence-electron chi connectivity index (χ0n) is 11.2. The van der Waals surface area contributed by atoms with Gasteiger partial charge in [0.1, 0.15) is 0 Å². The second-order valence-corrected chi connectivity index (χ2v) is 5.21. The number of rotatable bonds is 3. The lowest BCUT2D eigenvalue weighted by molar-refractivity contribution is 0.133. The summed E-state index contributed by atoms with van der Waals surface area (Å²) in [6.07, 6.45) is 0.791. The van der Waals surface area contributed by atoms with Crippen molar-refractivity contribution in [1.29, 1.82) is 0 Å². The van der Waals surface area contributed by atoms with Gasteiger partial charge in [-0.3, -0.25) is 4.79 Å². The van der Waals surface area contributed by atoms with Crippen molar-refractivity contribution >= 4 is 22.3 Å². The average Bonchev–Trinajstić information content (AvgIpc) is 2.31. The van der Waals surface area contributed by atoms with E-state index in [-0.39, 0.29) is 5.56 Å². The fourth-order valence-corrected chi connectivity index (χ4v) is 1.69. The van der Waals surface area contributed by atoms with Gasteiger partial charge >= 0.3 is 0 Å². The number of fused-ring (bicyclic) bond motifs is 1. The molecule has 0 fully saturated rings. The van der Waals surface area contributed by atoms with E-state index in [0.29, 0.717) is 22.3 Å². The van der Waals surface area contributed by atoms with Gasteiger partial charge in [0.15, 0.2) is 0 Å². The molecule has 0 bridgehead atoms. The molecule has 1 atom stereocenters. The van der Waals surface area contributed by atoms with E-state index in [1.165, 1.54) is 6.33 Å². The minimum atomic E-state index is -0.560. The van der Waals surface area contributed by atoms with Crippen LogP contribution in [0.5, 0.6) is 0 Å². The number of hydrogen-bond acceptors (Lipinski definition) is 5. The van der Waals surface area contributed by atoms with Crippen LogP contribution in [0.3, 0.4) is 0 Å². The minimum absolute atomic E-state index is 0.224. The molecule has 0 aliphatic rings. The van der Waals surface area contributed by atoms with Crippen LogP contribution >= 0.6 is 0 Å². The summed E-state index contributed by atoms with van der Waals surface area (Å²) in [5, 5.41) is 13.3. The van der Waals surface area contributed by atoms with Crippen LogP contribution in [-0.2, 0) is 0 Å². The first-order chi connectivity index (χ1) is 8.81. The zero-order chi connectivity index (χ0) is 14.2. The fraction of sp³-hybridized carbons (Fsp3) is 0.385. The van der Waals surface area contributed by atoms with Gasteiger partial charge in [-0.15, -0.1) is 0 Å². The van der Waals surface area contributed by atoms with Gasteiger partial charge in [0, 0.05) is 0 Å². The third-order valence-electron chi connectivity index (χ3n) is 3.31. The maximum Gasteiger partial charge on any atom is 0.258 e. The number of hydrogen-bond donors (Lipinski definition) is 4. The summed E-state index contributed by atoms with van der Waals surface area (Å²) < 4.78 is 0. The Morgan fingerprint density at radius 2 is 2.16 bits per heavy atom. The zero-order valence-corrected chi connectivity index (χ0v) is 11.2. The number of nitrogen functional groups attached to an aromatic ring is 1. The van der Waals surface area contributed by atoms with E-state index < -0.39 is 11.6 Å². The Bertz CT molecular complexity index is 661.